The van der Waals surface area contributed by atoms with Crippen LogP contribution in [0.2, 0.25) is 0 Å². The Morgan fingerprint density at radius 3 is 2.62 bits per heavy atom. The number of aliphatic carboxylic acids is 1. The molecule has 0 aromatic heterocycles. The summed E-state index contributed by atoms with van der Waals surface area (Å²) in [4.78, 5) is 25.3. The molecule has 0 unspecified atom stereocenters. The number of anilines is 1. The zero-order chi connectivity index (χ0) is 15.2. The summed E-state index contributed by atoms with van der Waals surface area (Å²) in [7, 11) is 0. The molecule has 1 atom stereocenters. The summed E-state index contributed by atoms with van der Waals surface area (Å²) in [6.07, 6.45) is 6.22. The van der Waals surface area contributed by atoms with Crippen LogP contribution < -0.4 is 4.90 Å². The van der Waals surface area contributed by atoms with Crippen LogP contribution in [-0.2, 0) is 16.0 Å². The second-order valence-corrected chi connectivity index (χ2v) is 5.61. The summed E-state index contributed by atoms with van der Waals surface area (Å²) in [5.41, 5.74) is 1.72. The van der Waals surface area contributed by atoms with Crippen molar-refractivity contribution in [1.82, 2.24) is 0 Å². The molecule has 0 bridgehead atoms. The molecule has 0 saturated carbocycles. The van der Waals surface area contributed by atoms with E-state index in [1.165, 1.54) is 17.7 Å². The maximum absolute atomic E-state index is 12.4. The largest absolute Gasteiger partial charge is 0.480 e. The van der Waals surface area contributed by atoms with E-state index in [-0.39, 0.29) is 5.91 Å². The molecular formula is C17H23NO3. The average molecular weight is 289 g/mol. The fourth-order valence-corrected chi connectivity index (χ4v) is 2.89. The third-order valence-electron chi connectivity index (χ3n) is 4.02. The van der Waals surface area contributed by atoms with Gasteiger partial charge in [-0.25, -0.2) is 4.79 Å². The third kappa shape index (κ3) is 3.63. The molecule has 0 fully saturated rings. The first-order valence-corrected chi connectivity index (χ1v) is 7.78. The first-order valence-electron chi connectivity index (χ1n) is 7.78. The summed E-state index contributed by atoms with van der Waals surface area (Å²) in [6.45, 7) is 2.16. The lowest BCUT2D eigenvalue weighted by molar-refractivity contribution is -0.139. The van der Waals surface area contributed by atoms with Gasteiger partial charge in [0.15, 0.2) is 0 Å². The quantitative estimate of drug-likeness (QED) is 0.783. The highest BCUT2D eigenvalue weighted by molar-refractivity contribution is 6.01. The SMILES string of the molecule is CCCCCCCC(=O)N1c2ccccc2C[C@H]1C(=O)O. The van der Waals surface area contributed by atoms with Crippen LogP contribution in [0.3, 0.4) is 0 Å². The van der Waals surface area contributed by atoms with Crippen LogP contribution in [0, 0.1) is 0 Å². The number of rotatable bonds is 7. The molecule has 2 rings (SSSR count). The van der Waals surface area contributed by atoms with Crippen LogP contribution in [0.5, 0.6) is 0 Å². The first-order chi connectivity index (χ1) is 10.1. The van der Waals surface area contributed by atoms with E-state index in [9.17, 15) is 14.7 Å². The molecule has 1 aliphatic heterocycles. The van der Waals surface area contributed by atoms with Crippen molar-refractivity contribution in [2.75, 3.05) is 4.90 Å². The molecule has 1 heterocycles. The Morgan fingerprint density at radius 1 is 1.19 bits per heavy atom. The number of para-hydroxylation sites is 1. The summed E-state index contributed by atoms with van der Waals surface area (Å²) in [5.74, 6) is -0.991. The van der Waals surface area contributed by atoms with Crippen LogP contribution in [-0.4, -0.2) is 23.0 Å². The molecule has 0 radical (unpaired) electrons. The minimum Gasteiger partial charge on any atom is -0.480 e. The molecule has 1 amide bonds. The molecular weight excluding hydrogens is 266 g/mol. The molecule has 0 spiro atoms. The molecule has 21 heavy (non-hydrogen) atoms. The van der Waals surface area contributed by atoms with Gasteiger partial charge < -0.3 is 5.11 Å². The topological polar surface area (TPSA) is 57.6 Å². The average Bonchev–Trinajstić information content (AvgIpc) is 2.86. The molecule has 1 aliphatic rings. The number of carboxylic acids is 1. The molecule has 1 aromatic rings. The van der Waals surface area contributed by atoms with E-state index in [2.05, 4.69) is 6.92 Å². The van der Waals surface area contributed by atoms with Crippen LogP contribution in [0.4, 0.5) is 5.69 Å². The van der Waals surface area contributed by atoms with E-state index in [4.69, 9.17) is 0 Å². The van der Waals surface area contributed by atoms with Gasteiger partial charge in [-0.2, -0.15) is 0 Å². The molecule has 1 aromatic carbocycles. The lowest BCUT2D eigenvalue weighted by Crippen LogP contribution is -2.42. The minimum absolute atomic E-state index is 0.0659. The van der Waals surface area contributed by atoms with Crippen molar-refractivity contribution in [3.63, 3.8) is 0 Å². The number of carboxylic acid groups (broad SMARTS) is 1. The zero-order valence-corrected chi connectivity index (χ0v) is 12.5. The Morgan fingerprint density at radius 2 is 1.90 bits per heavy atom. The number of hydrogen-bond acceptors (Lipinski definition) is 2. The van der Waals surface area contributed by atoms with Crippen molar-refractivity contribution >= 4 is 17.6 Å². The van der Waals surface area contributed by atoms with E-state index in [1.807, 2.05) is 24.3 Å². The Hall–Kier alpha value is -1.84. The highest BCUT2D eigenvalue weighted by atomic mass is 16.4. The number of amides is 1. The van der Waals surface area contributed by atoms with Gasteiger partial charge in [0.25, 0.3) is 0 Å². The van der Waals surface area contributed by atoms with E-state index < -0.39 is 12.0 Å². The van der Waals surface area contributed by atoms with Gasteiger partial charge in [-0.3, -0.25) is 9.69 Å². The van der Waals surface area contributed by atoms with Crippen molar-refractivity contribution in [3.8, 4) is 0 Å². The Labute approximate surface area is 125 Å². The van der Waals surface area contributed by atoms with Crippen LogP contribution >= 0.6 is 0 Å². The number of carbonyl (C=O) groups excluding carboxylic acids is 1. The van der Waals surface area contributed by atoms with Gasteiger partial charge in [-0.05, 0) is 18.1 Å². The standard InChI is InChI=1S/C17H23NO3/c1-2-3-4-5-6-11-16(19)18-14-10-8-7-9-13(14)12-15(18)17(20)21/h7-10,15H,2-6,11-12H2,1H3,(H,20,21)/t15-/m0/s1. The number of carbonyl (C=O) groups is 2. The van der Waals surface area contributed by atoms with Crippen LogP contribution in [0.1, 0.15) is 51.0 Å². The third-order valence-corrected chi connectivity index (χ3v) is 4.02. The first kappa shape index (κ1) is 15.5. The number of benzene rings is 1. The van der Waals surface area contributed by atoms with Crippen molar-refractivity contribution in [2.45, 2.75) is 57.9 Å². The predicted octanol–water partition coefficient (Wildman–Crippen LogP) is 3.39. The van der Waals surface area contributed by atoms with Crippen molar-refractivity contribution in [1.29, 1.82) is 0 Å². The van der Waals surface area contributed by atoms with Crippen molar-refractivity contribution < 1.29 is 14.7 Å². The summed E-state index contributed by atoms with van der Waals surface area (Å²) in [5, 5.41) is 9.35. The highest BCUT2D eigenvalue weighted by Gasteiger charge is 2.37. The van der Waals surface area contributed by atoms with E-state index in [0.29, 0.717) is 12.8 Å². The second kappa shape index (κ2) is 7.25. The molecule has 114 valence electrons. The maximum Gasteiger partial charge on any atom is 0.327 e. The van der Waals surface area contributed by atoms with Crippen LogP contribution in [0.25, 0.3) is 0 Å². The summed E-state index contributed by atoms with van der Waals surface area (Å²) < 4.78 is 0. The normalized spacial score (nSPS) is 16.8. The summed E-state index contributed by atoms with van der Waals surface area (Å²) >= 11 is 0. The number of unbranched alkanes of at least 4 members (excludes halogenated alkanes) is 4. The second-order valence-electron chi connectivity index (χ2n) is 5.61. The maximum atomic E-state index is 12.4. The molecule has 0 aliphatic carbocycles. The lowest BCUT2D eigenvalue weighted by Gasteiger charge is -2.22. The summed E-state index contributed by atoms with van der Waals surface area (Å²) in [6, 6.07) is 6.74. The van der Waals surface area contributed by atoms with Gasteiger partial charge in [-0.1, -0.05) is 50.8 Å². The molecule has 4 nitrogen and oxygen atoms in total. The number of fused-ring (bicyclic) bond motifs is 1. The van der Waals surface area contributed by atoms with Crippen molar-refractivity contribution in [2.24, 2.45) is 0 Å². The van der Waals surface area contributed by atoms with Gasteiger partial charge in [0.1, 0.15) is 6.04 Å². The van der Waals surface area contributed by atoms with Crippen molar-refractivity contribution in [3.05, 3.63) is 29.8 Å². The van der Waals surface area contributed by atoms with E-state index >= 15 is 0 Å². The fourth-order valence-electron chi connectivity index (χ4n) is 2.89. The van der Waals surface area contributed by atoms with Gasteiger partial charge in [0.2, 0.25) is 5.91 Å². The highest BCUT2D eigenvalue weighted by Crippen LogP contribution is 2.32. The van der Waals surface area contributed by atoms with Gasteiger partial charge in [-0.15, -0.1) is 0 Å². The Kier molecular flexibility index (Phi) is 5.37. The Balaban J connectivity index is 2.01. The van der Waals surface area contributed by atoms with Crippen LogP contribution in [0.15, 0.2) is 24.3 Å². The lowest BCUT2D eigenvalue weighted by atomic mass is 10.1. The Bertz CT molecular complexity index is 513. The molecule has 0 saturated heterocycles. The number of hydrogen-bond donors (Lipinski definition) is 1. The van der Waals surface area contributed by atoms with Gasteiger partial charge >= 0.3 is 5.97 Å². The predicted molar refractivity (Wildman–Crippen MR) is 82.4 cm³/mol. The van der Waals surface area contributed by atoms with E-state index in [0.717, 1.165) is 30.5 Å². The van der Waals surface area contributed by atoms with E-state index in [1.54, 1.807) is 0 Å². The van der Waals surface area contributed by atoms with Gasteiger partial charge in [0, 0.05) is 18.5 Å². The smallest absolute Gasteiger partial charge is 0.327 e. The van der Waals surface area contributed by atoms with Gasteiger partial charge in [0.05, 0.1) is 0 Å². The monoisotopic (exact) mass is 289 g/mol. The number of nitrogens with zero attached hydrogens (tertiary/aromatic N) is 1. The fraction of sp³-hybridized carbons (Fsp3) is 0.529. The molecule has 4 heteroatoms. The minimum atomic E-state index is -0.925. The molecule has 1 N–H and O–H groups in total. The zero-order valence-electron chi connectivity index (χ0n) is 12.5.